The van der Waals surface area contributed by atoms with Crippen LogP contribution in [-0.4, -0.2) is 56.0 Å². The maximum atomic E-state index is 13.5. The lowest BCUT2D eigenvalue weighted by molar-refractivity contribution is 0.0952. The normalized spacial score (nSPS) is 15.0. The lowest BCUT2D eigenvalue weighted by Crippen LogP contribution is -2.21. The Bertz CT molecular complexity index is 1410. The van der Waals surface area contributed by atoms with Crippen molar-refractivity contribution >= 4 is 17.9 Å². The van der Waals surface area contributed by atoms with Crippen molar-refractivity contribution in [1.82, 2.24) is 24.0 Å². The minimum atomic E-state index is -0.680. The predicted octanol–water partition coefficient (Wildman–Crippen LogP) is 2.58. The van der Waals surface area contributed by atoms with E-state index >= 15 is 0 Å². The number of ketones is 1. The number of primary amides is 1. The summed E-state index contributed by atoms with van der Waals surface area (Å²) in [6.45, 7) is 0.712. The summed E-state index contributed by atoms with van der Waals surface area (Å²) in [5.74, 6) is 0.229. The van der Waals surface area contributed by atoms with Crippen LogP contribution in [0.3, 0.4) is 0 Å². The molecule has 1 unspecified atom stereocenters. The van der Waals surface area contributed by atoms with Crippen LogP contribution >= 0.6 is 0 Å². The fraction of sp³-hybridized carbons (Fsp3) is 0.160. The number of nitrogens with zero attached hydrogens (tertiary/aromatic N) is 6. The zero-order chi connectivity index (χ0) is 23.8. The second-order valence-electron chi connectivity index (χ2n) is 8.35. The highest BCUT2D eigenvalue weighted by Gasteiger charge is 2.31. The molecule has 2 aromatic carbocycles. The standard InChI is InChI=1S/C25H23N7O2/c1-30(2)14-21-27-10-11-31(21)18-8-6-16(7-9-18)22-24(33)23-20(13-28-22)29-15-32(23)19-5-3-4-17(12-19)25(26)34/h3-13,15,22H,14H2,1-2H3,(H2,26,34). The molecule has 0 saturated heterocycles. The number of nitrogens with two attached hydrogens (primary N) is 1. The molecule has 2 N–H and O–H groups in total. The summed E-state index contributed by atoms with van der Waals surface area (Å²) in [6, 6.07) is 13.9. The molecule has 3 heterocycles. The van der Waals surface area contributed by atoms with Crippen molar-refractivity contribution in [3.05, 3.63) is 95.6 Å². The monoisotopic (exact) mass is 453 g/mol. The Morgan fingerprint density at radius 3 is 2.59 bits per heavy atom. The summed E-state index contributed by atoms with van der Waals surface area (Å²) in [6.07, 6.45) is 6.88. The number of amides is 1. The third kappa shape index (κ3) is 3.82. The molecule has 0 spiro atoms. The maximum absolute atomic E-state index is 13.5. The first-order valence-corrected chi connectivity index (χ1v) is 10.7. The molecule has 170 valence electrons. The van der Waals surface area contributed by atoms with E-state index in [1.165, 1.54) is 0 Å². The summed E-state index contributed by atoms with van der Waals surface area (Å²) in [5, 5.41) is 0. The van der Waals surface area contributed by atoms with Gasteiger partial charge >= 0.3 is 0 Å². The van der Waals surface area contributed by atoms with Crippen molar-refractivity contribution < 1.29 is 9.59 Å². The molecule has 4 aromatic rings. The summed E-state index contributed by atoms with van der Waals surface area (Å²) in [5.41, 5.74) is 9.07. The fourth-order valence-electron chi connectivity index (χ4n) is 4.07. The van der Waals surface area contributed by atoms with Crippen LogP contribution < -0.4 is 5.73 Å². The van der Waals surface area contributed by atoms with Gasteiger partial charge in [-0.25, -0.2) is 9.97 Å². The molecule has 1 aliphatic rings. The van der Waals surface area contributed by atoms with Gasteiger partial charge in [-0.1, -0.05) is 18.2 Å². The molecule has 5 rings (SSSR count). The molecular weight excluding hydrogens is 430 g/mol. The first kappa shape index (κ1) is 21.5. The number of hydrogen-bond donors (Lipinski definition) is 1. The number of Topliss-reactive ketones (excluding diaryl/α,β-unsaturated/α-hetero) is 1. The van der Waals surface area contributed by atoms with Crippen LogP contribution in [0.2, 0.25) is 0 Å². The molecule has 1 atom stereocenters. The lowest BCUT2D eigenvalue weighted by Gasteiger charge is -2.18. The second-order valence-corrected chi connectivity index (χ2v) is 8.35. The van der Waals surface area contributed by atoms with Crippen molar-refractivity contribution in [2.75, 3.05) is 14.1 Å². The van der Waals surface area contributed by atoms with Crippen LogP contribution in [0.5, 0.6) is 0 Å². The Morgan fingerprint density at radius 1 is 1.06 bits per heavy atom. The number of aromatic nitrogens is 4. The predicted molar refractivity (Wildman–Crippen MR) is 128 cm³/mol. The number of fused-ring (bicyclic) bond motifs is 1. The third-order valence-electron chi connectivity index (χ3n) is 5.69. The van der Waals surface area contributed by atoms with Crippen molar-refractivity contribution in [2.45, 2.75) is 12.6 Å². The number of aliphatic imine (C=N–C) groups is 1. The molecule has 9 nitrogen and oxygen atoms in total. The first-order valence-electron chi connectivity index (χ1n) is 10.7. The third-order valence-corrected chi connectivity index (χ3v) is 5.69. The van der Waals surface area contributed by atoms with E-state index in [4.69, 9.17) is 5.73 Å². The van der Waals surface area contributed by atoms with Gasteiger partial charge in [0.25, 0.3) is 0 Å². The van der Waals surface area contributed by atoms with E-state index in [9.17, 15) is 9.59 Å². The number of imidazole rings is 2. The Kier molecular flexibility index (Phi) is 5.39. The van der Waals surface area contributed by atoms with E-state index in [-0.39, 0.29) is 5.78 Å². The summed E-state index contributed by atoms with van der Waals surface area (Å²) >= 11 is 0. The minimum Gasteiger partial charge on any atom is -0.366 e. The lowest BCUT2D eigenvalue weighted by atomic mass is 9.97. The number of hydrogen-bond acceptors (Lipinski definition) is 6. The van der Waals surface area contributed by atoms with Crippen LogP contribution in [0, 0.1) is 0 Å². The molecule has 34 heavy (non-hydrogen) atoms. The number of benzene rings is 2. The summed E-state index contributed by atoms with van der Waals surface area (Å²) in [7, 11) is 4.00. The smallest absolute Gasteiger partial charge is 0.248 e. The van der Waals surface area contributed by atoms with Gasteiger partial charge in [0.05, 0.1) is 12.8 Å². The van der Waals surface area contributed by atoms with Gasteiger partial charge < -0.3 is 15.2 Å². The van der Waals surface area contributed by atoms with Gasteiger partial charge in [-0.3, -0.25) is 19.1 Å². The quantitative estimate of drug-likeness (QED) is 0.482. The van der Waals surface area contributed by atoms with Crippen LogP contribution in [0.1, 0.15) is 44.0 Å². The molecule has 2 aromatic heterocycles. The van der Waals surface area contributed by atoms with Crippen molar-refractivity contribution in [3.63, 3.8) is 0 Å². The van der Waals surface area contributed by atoms with Gasteiger partial charge in [-0.2, -0.15) is 0 Å². The maximum Gasteiger partial charge on any atom is 0.248 e. The largest absolute Gasteiger partial charge is 0.366 e. The highest BCUT2D eigenvalue weighted by atomic mass is 16.1. The highest BCUT2D eigenvalue weighted by Crippen LogP contribution is 2.29. The number of rotatable bonds is 6. The molecule has 9 heteroatoms. The van der Waals surface area contributed by atoms with Gasteiger partial charge in [0.2, 0.25) is 11.7 Å². The Balaban J connectivity index is 1.45. The topological polar surface area (TPSA) is 111 Å². The SMILES string of the molecule is CN(C)Cc1nccn1-c1ccc(C2N=Cc3ncn(-c4cccc(C(N)=O)c4)c3C2=O)cc1. The van der Waals surface area contributed by atoms with Gasteiger partial charge in [0.15, 0.2) is 0 Å². The van der Waals surface area contributed by atoms with E-state index < -0.39 is 11.9 Å². The fourth-order valence-corrected chi connectivity index (χ4v) is 4.07. The van der Waals surface area contributed by atoms with Crippen LogP contribution in [0.15, 0.2) is 72.2 Å². The summed E-state index contributed by atoms with van der Waals surface area (Å²) < 4.78 is 3.70. The molecule has 1 aliphatic heterocycles. The van der Waals surface area contributed by atoms with E-state index in [1.807, 2.05) is 49.1 Å². The number of carbonyl (C=O) groups excluding carboxylic acids is 2. The van der Waals surface area contributed by atoms with E-state index in [0.717, 1.165) is 17.1 Å². The van der Waals surface area contributed by atoms with Crippen LogP contribution in [0.25, 0.3) is 11.4 Å². The van der Waals surface area contributed by atoms with Gasteiger partial charge in [-0.05, 0) is 50.0 Å². The van der Waals surface area contributed by atoms with Gasteiger partial charge in [-0.15, -0.1) is 0 Å². The van der Waals surface area contributed by atoms with E-state index in [0.29, 0.717) is 29.2 Å². The molecule has 1 amide bonds. The van der Waals surface area contributed by atoms with Crippen molar-refractivity contribution in [1.29, 1.82) is 0 Å². The Hall–Kier alpha value is -4.37. The van der Waals surface area contributed by atoms with Crippen molar-refractivity contribution in [2.24, 2.45) is 10.7 Å². The van der Waals surface area contributed by atoms with Gasteiger partial charge in [0, 0.05) is 29.3 Å². The Morgan fingerprint density at radius 2 is 1.85 bits per heavy atom. The van der Waals surface area contributed by atoms with Gasteiger partial charge in [0.1, 0.15) is 29.6 Å². The highest BCUT2D eigenvalue weighted by molar-refractivity contribution is 6.08. The molecule has 0 bridgehead atoms. The van der Waals surface area contributed by atoms with Crippen molar-refractivity contribution in [3.8, 4) is 11.4 Å². The second kappa shape index (κ2) is 8.53. The zero-order valence-corrected chi connectivity index (χ0v) is 18.8. The average Bonchev–Trinajstić information content (AvgIpc) is 3.47. The molecular formula is C25H23N7O2. The number of carbonyl (C=O) groups is 2. The minimum absolute atomic E-state index is 0.164. The summed E-state index contributed by atoms with van der Waals surface area (Å²) in [4.78, 5) is 40.4. The van der Waals surface area contributed by atoms with Crippen LogP contribution in [0.4, 0.5) is 0 Å². The van der Waals surface area contributed by atoms with E-state index in [1.54, 1.807) is 47.6 Å². The van der Waals surface area contributed by atoms with E-state index in [2.05, 4.69) is 19.9 Å². The molecule has 0 saturated carbocycles. The molecule has 0 fully saturated rings. The van der Waals surface area contributed by atoms with Crippen LogP contribution in [-0.2, 0) is 6.54 Å². The first-order chi connectivity index (χ1) is 16.4. The zero-order valence-electron chi connectivity index (χ0n) is 18.8. The molecule has 0 radical (unpaired) electrons. The molecule has 0 aliphatic carbocycles. The average molecular weight is 454 g/mol. The Labute approximate surface area is 196 Å².